The number of rotatable bonds is 3. The molecule has 2 heterocycles. The quantitative estimate of drug-likeness (QED) is 0.710. The minimum absolute atomic E-state index is 0.00719. The molecule has 2 rings (SSSR count). The van der Waals surface area contributed by atoms with Gasteiger partial charge in [-0.2, -0.15) is 0 Å². The summed E-state index contributed by atoms with van der Waals surface area (Å²) in [5.74, 6) is -1.10. The number of anilines is 1. The first-order chi connectivity index (χ1) is 8.49. The standard InChI is InChI=1S/C9H9N5O3S/c1-14-8(17)12-13-9(14)18-6-5(10)2-4(3-11-6)7(15)16/h2-3H,10H2,1H3,(H,12,17)(H,15,16). The molecule has 0 bridgehead atoms. The molecule has 0 spiro atoms. The molecule has 0 saturated heterocycles. The molecule has 0 aliphatic rings. The zero-order valence-corrected chi connectivity index (χ0v) is 10.1. The molecule has 0 fully saturated rings. The van der Waals surface area contributed by atoms with Gasteiger partial charge in [0.25, 0.3) is 0 Å². The lowest BCUT2D eigenvalue weighted by atomic mass is 10.3. The summed E-state index contributed by atoms with van der Waals surface area (Å²) in [6.45, 7) is 0. The number of nitrogens with two attached hydrogens (primary N) is 1. The van der Waals surface area contributed by atoms with Crippen molar-refractivity contribution in [3.8, 4) is 0 Å². The van der Waals surface area contributed by atoms with E-state index in [2.05, 4.69) is 15.2 Å². The Labute approximate surface area is 105 Å². The van der Waals surface area contributed by atoms with Crippen LogP contribution in [0.1, 0.15) is 10.4 Å². The number of carbonyl (C=O) groups is 1. The van der Waals surface area contributed by atoms with Crippen LogP contribution in [0.3, 0.4) is 0 Å². The van der Waals surface area contributed by atoms with E-state index in [4.69, 9.17) is 10.8 Å². The highest BCUT2D eigenvalue weighted by Gasteiger charge is 2.12. The van der Waals surface area contributed by atoms with Gasteiger partial charge in [0.1, 0.15) is 5.03 Å². The maximum atomic E-state index is 11.2. The lowest BCUT2D eigenvalue weighted by Gasteiger charge is -2.04. The van der Waals surface area contributed by atoms with E-state index in [1.54, 1.807) is 7.05 Å². The van der Waals surface area contributed by atoms with E-state index in [9.17, 15) is 9.59 Å². The fourth-order valence-corrected chi connectivity index (χ4v) is 1.95. The Morgan fingerprint density at radius 2 is 2.33 bits per heavy atom. The van der Waals surface area contributed by atoms with Gasteiger partial charge in [0.2, 0.25) is 0 Å². The number of pyridine rings is 1. The van der Waals surface area contributed by atoms with Gasteiger partial charge < -0.3 is 10.8 Å². The normalized spacial score (nSPS) is 10.5. The van der Waals surface area contributed by atoms with Gasteiger partial charge in [-0.05, 0) is 17.8 Å². The van der Waals surface area contributed by atoms with Crippen molar-refractivity contribution in [2.24, 2.45) is 7.05 Å². The third-order valence-electron chi connectivity index (χ3n) is 2.15. The molecule has 2 aromatic heterocycles. The molecule has 0 unspecified atom stereocenters. The fourth-order valence-electron chi connectivity index (χ4n) is 1.18. The number of aromatic amines is 1. The first-order valence-electron chi connectivity index (χ1n) is 4.77. The van der Waals surface area contributed by atoms with Crippen LogP contribution >= 0.6 is 11.8 Å². The van der Waals surface area contributed by atoms with Gasteiger partial charge in [-0.1, -0.05) is 0 Å². The number of hydrogen-bond acceptors (Lipinski definition) is 6. The summed E-state index contributed by atoms with van der Waals surface area (Å²) in [6.07, 6.45) is 1.20. The van der Waals surface area contributed by atoms with Crippen LogP contribution in [-0.4, -0.2) is 30.8 Å². The predicted molar refractivity (Wildman–Crippen MR) is 63.6 cm³/mol. The second-order valence-electron chi connectivity index (χ2n) is 3.40. The van der Waals surface area contributed by atoms with E-state index >= 15 is 0 Å². The second kappa shape index (κ2) is 4.53. The maximum Gasteiger partial charge on any atom is 0.343 e. The van der Waals surface area contributed by atoms with Crippen LogP contribution in [0.25, 0.3) is 0 Å². The van der Waals surface area contributed by atoms with E-state index in [0.717, 1.165) is 11.8 Å². The summed E-state index contributed by atoms with van der Waals surface area (Å²) in [7, 11) is 1.55. The maximum absolute atomic E-state index is 11.2. The van der Waals surface area contributed by atoms with Gasteiger partial charge in [-0.3, -0.25) is 4.57 Å². The largest absolute Gasteiger partial charge is 0.478 e. The van der Waals surface area contributed by atoms with E-state index in [1.807, 2.05) is 0 Å². The Hall–Kier alpha value is -2.29. The van der Waals surface area contributed by atoms with Crippen molar-refractivity contribution >= 4 is 23.4 Å². The number of aromatic carboxylic acids is 1. The van der Waals surface area contributed by atoms with Gasteiger partial charge in [-0.15, -0.1) is 5.10 Å². The molecule has 0 saturated carbocycles. The molecule has 8 nitrogen and oxygen atoms in total. The van der Waals surface area contributed by atoms with Crippen LogP contribution in [0.5, 0.6) is 0 Å². The van der Waals surface area contributed by atoms with Crippen molar-refractivity contribution in [1.82, 2.24) is 19.7 Å². The number of nitrogens with zero attached hydrogens (tertiary/aromatic N) is 3. The van der Waals surface area contributed by atoms with Crippen molar-refractivity contribution in [2.45, 2.75) is 10.2 Å². The van der Waals surface area contributed by atoms with Gasteiger partial charge in [0.05, 0.1) is 11.3 Å². The highest BCUT2D eigenvalue weighted by molar-refractivity contribution is 7.99. The molecule has 0 aromatic carbocycles. The molecule has 18 heavy (non-hydrogen) atoms. The van der Waals surface area contributed by atoms with Gasteiger partial charge in [0.15, 0.2) is 5.16 Å². The van der Waals surface area contributed by atoms with Crippen LogP contribution in [0.4, 0.5) is 5.69 Å². The number of H-pyrrole nitrogens is 1. The van der Waals surface area contributed by atoms with Crippen molar-refractivity contribution in [3.05, 3.63) is 28.3 Å². The molecular formula is C9H9N5O3S. The zero-order valence-electron chi connectivity index (χ0n) is 9.25. The van der Waals surface area contributed by atoms with Crippen molar-refractivity contribution in [2.75, 3.05) is 5.73 Å². The Morgan fingerprint density at radius 1 is 1.61 bits per heavy atom. The van der Waals surface area contributed by atoms with E-state index in [1.165, 1.54) is 16.8 Å². The molecular weight excluding hydrogens is 258 g/mol. The number of nitrogen functional groups attached to an aromatic ring is 1. The molecule has 0 amide bonds. The number of carboxylic acids is 1. The lowest BCUT2D eigenvalue weighted by Crippen LogP contribution is -2.13. The summed E-state index contributed by atoms with van der Waals surface area (Å²) in [5.41, 5.74) is 5.57. The Kier molecular flexibility index (Phi) is 3.06. The smallest absolute Gasteiger partial charge is 0.343 e. The third kappa shape index (κ3) is 2.20. The van der Waals surface area contributed by atoms with Crippen molar-refractivity contribution in [1.29, 1.82) is 0 Å². The van der Waals surface area contributed by atoms with Crippen molar-refractivity contribution < 1.29 is 9.90 Å². The molecule has 2 aromatic rings. The summed E-state index contributed by atoms with van der Waals surface area (Å²) >= 11 is 1.07. The molecule has 94 valence electrons. The van der Waals surface area contributed by atoms with E-state index < -0.39 is 5.97 Å². The van der Waals surface area contributed by atoms with Crippen LogP contribution in [0.2, 0.25) is 0 Å². The van der Waals surface area contributed by atoms with Crippen LogP contribution in [0.15, 0.2) is 27.2 Å². The number of carboxylic acid groups (broad SMARTS) is 1. The van der Waals surface area contributed by atoms with Gasteiger partial charge >= 0.3 is 11.7 Å². The van der Waals surface area contributed by atoms with Crippen LogP contribution in [0, 0.1) is 0 Å². The molecule has 0 aliphatic heterocycles. The first-order valence-corrected chi connectivity index (χ1v) is 5.58. The van der Waals surface area contributed by atoms with Crippen LogP contribution in [-0.2, 0) is 7.05 Å². The number of hydrogen-bond donors (Lipinski definition) is 3. The summed E-state index contributed by atoms with van der Waals surface area (Å²) in [4.78, 5) is 25.8. The molecule has 9 heteroatoms. The van der Waals surface area contributed by atoms with E-state index in [0.29, 0.717) is 10.2 Å². The van der Waals surface area contributed by atoms with Gasteiger partial charge in [0, 0.05) is 13.2 Å². The average molecular weight is 267 g/mol. The minimum atomic E-state index is -1.10. The zero-order chi connectivity index (χ0) is 13.3. The summed E-state index contributed by atoms with van der Waals surface area (Å²) < 4.78 is 1.30. The minimum Gasteiger partial charge on any atom is -0.478 e. The van der Waals surface area contributed by atoms with Gasteiger partial charge in [-0.25, -0.2) is 19.7 Å². The summed E-state index contributed by atoms with van der Waals surface area (Å²) in [5, 5.41) is 15.6. The number of nitrogens with one attached hydrogen (secondary N) is 1. The second-order valence-corrected chi connectivity index (χ2v) is 4.35. The van der Waals surface area contributed by atoms with E-state index in [-0.39, 0.29) is 16.9 Å². The Morgan fingerprint density at radius 3 is 2.83 bits per heavy atom. The Bertz CT molecular complexity index is 662. The molecule has 0 aliphatic carbocycles. The SMILES string of the molecule is Cn1c(Sc2ncc(C(=O)O)cc2N)n[nH]c1=O. The molecule has 0 radical (unpaired) electrons. The highest BCUT2D eigenvalue weighted by atomic mass is 32.2. The number of aromatic nitrogens is 4. The lowest BCUT2D eigenvalue weighted by molar-refractivity contribution is 0.0696. The topological polar surface area (TPSA) is 127 Å². The molecule has 4 N–H and O–H groups in total. The average Bonchev–Trinajstić information content (AvgIpc) is 2.63. The highest BCUT2D eigenvalue weighted by Crippen LogP contribution is 2.28. The predicted octanol–water partition coefficient (Wildman–Crippen LogP) is -0.0650. The monoisotopic (exact) mass is 267 g/mol. The fraction of sp³-hybridized carbons (Fsp3) is 0.111. The van der Waals surface area contributed by atoms with Crippen molar-refractivity contribution in [3.63, 3.8) is 0 Å². The Balaban J connectivity index is 2.33. The third-order valence-corrected chi connectivity index (χ3v) is 3.23. The van der Waals surface area contributed by atoms with Crippen LogP contribution < -0.4 is 11.4 Å². The first kappa shape index (κ1) is 12.2. The molecule has 0 atom stereocenters. The summed E-state index contributed by atoms with van der Waals surface area (Å²) in [6, 6.07) is 1.31.